The van der Waals surface area contributed by atoms with Crippen LogP contribution in [0.1, 0.15) is 45.1 Å². The highest BCUT2D eigenvalue weighted by Crippen LogP contribution is 2.34. The molecule has 0 saturated carbocycles. The van der Waals surface area contributed by atoms with Crippen LogP contribution in [0.15, 0.2) is 18.2 Å². The Morgan fingerprint density at radius 1 is 1.33 bits per heavy atom. The number of nitrogens with two attached hydrogens (primary N) is 1. The fourth-order valence-corrected chi connectivity index (χ4v) is 2.61. The molecule has 0 atom stereocenters. The van der Waals surface area contributed by atoms with E-state index in [0.29, 0.717) is 18.8 Å². The van der Waals surface area contributed by atoms with Gasteiger partial charge >= 0.3 is 6.09 Å². The topological polar surface area (TPSA) is 75.8 Å². The van der Waals surface area contributed by atoms with Crippen molar-refractivity contribution >= 4 is 11.8 Å². The molecule has 0 aliphatic carbocycles. The van der Waals surface area contributed by atoms with Gasteiger partial charge in [-0.2, -0.15) is 0 Å². The van der Waals surface area contributed by atoms with Gasteiger partial charge < -0.3 is 20.5 Å². The minimum absolute atomic E-state index is 0.241. The molecule has 1 aliphatic heterocycles. The molecule has 0 unspecified atom stereocenters. The minimum Gasteiger partial charge on any atom is -0.508 e. The number of amides is 1. The molecule has 3 N–H and O–H groups in total. The molecule has 21 heavy (non-hydrogen) atoms. The Labute approximate surface area is 125 Å². The number of hydrogen-bond donors (Lipinski definition) is 2. The lowest BCUT2D eigenvalue weighted by Crippen LogP contribution is -2.41. The molecule has 0 spiro atoms. The van der Waals surface area contributed by atoms with Gasteiger partial charge in [-0.25, -0.2) is 4.79 Å². The summed E-state index contributed by atoms with van der Waals surface area (Å²) < 4.78 is 5.38. The van der Waals surface area contributed by atoms with Crippen molar-refractivity contribution in [2.75, 3.05) is 18.8 Å². The second kappa shape index (κ2) is 5.84. The number of ether oxygens (including phenoxy) is 1. The first-order valence-corrected chi connectivity index (χ1v) is 7.32. The van der Waals surface area contributed by atoms with Crippen molar-refractivity contribution in [3.05, 3.63) is 23.8 Å². The fraction of sp³-hybridized carbons (Fsp3) is 0.562. The number of nitrogens with zero attached hydrogens (tertiary/aromatic N) is 1. The Morgan fingerprint density at radius 3 is 2.48 bits per heavy atom. The van der Waals surface area contributed by atoms with Gasteiger partial charge in [-0.1, -0.05) is 6.07 Å². The van der Waals surface area contributed by atoms with Gasteiger partial charge in [-0.15, -0.1) is 0 Å². The third-order valence-electron chi connectivity index (χ3n) is 3.64. The zero-order valence-corrected chi connectivity index (χ0v) is 12.9. The van der Waals surface area contributed by atoms with E-state index in [-0.39, 0.29) is 17.8 Å². The first kappa shape index (κ1) is 15.5. The molecule has 0 radical (unpaired) electrons. The molecule has 1 saturated heterocycles. The zero-order valence-electron chi connectivity index (χ0n) is 12.9. The van der Waals surface area contributed by atoms with Crippen LogP contribution in [0.5, 0.6) is 5.75 Å². The summed E-state index contributed by atoms with van der Waals surface area (Å²) in [4.78, 5) is 13.7. The molecule has 116 valence electrons. The van der Waals surface area contributed by atoms with Crippen molar-refractivity contribution in [3.63, 3.8) is 0 Å². The molecule has 1 aromatic carbocycles. The van der Waals surface area contributed by atoms with E-state index in [0.717, 1.165) is 18.4 Å². The van der Waals surface area contributed by atoms with E-state index in [1.165, 1.54) is 0 Å². The maximum atomic E-state index is 12.0. The Balaban J connectivity index is 1.95. The Morgan fingerprint density at radius 2 is 1.95 bits per heavy atom. The first-order valence-electron chi connectivity index (χ1n) is 7.32. The highest BCUT2D eigenvalue weighted by Gasteiger charge is 2.28. The third-order valence-corrected chi connectivity index (χ3v) is 3.64. The second-order valence-corrected chi connectivity index (χ2v) is 6.56. The molecule has 1 aromatic rings. The summed E-state index contributed by atoms with van der Waals surface area (Å²) in [6.07, 6.45) is 1.37. The molecule has 0 aromatic heterocycles. The summed E-state index contributed by atoms with van der Waals surface area (Å²) in [7, 11) is 0. The van der Waals surface area contributed by atoms with E-state index < -0.39 is 5.60 Å². The maximum Gasteiger partial charge on any atom is 0.410 e. The number of nitrogen functional groups attached to an aromatic ring is 1. The molecule has 1 amide bonds. The number of phenolic OH excluding ortho intramolecular Hbond substituents is 1. The number of carbonyl (C=O) groups is 1. The number of hydrogen-bond acceptors (Lipinski definition) is 4. The van der Waals surface area contributed by atoms with Crippen LogP contribution in [0.2, 0.25) is 0 Å². The number of piperidine rings is 1. The lowest BCUT2D eigenvalue weighted by molar-refractivity contribution is 0.0204. The predicted octanol–water partition coefficient (Wildman–Crippen LogP) is 3.09. The number of phenols is 1. The molecule has 5 heteroatoms. The summed E-state index contributed by atoms with van der Waals surface area (Å²) in [6, 6.07) is 5.25. The number of aromatic hydroxyl groups is 1. The van der Waals surface area contributed by atoms with Crippen molar-refractivity contribution in [2.45, 2.75) is 45.1 Å². The number of likely N-dealkylation sites (tertiary alicyclic amines) is 1. The average Bonchev–Trinajstić information content (AvgIpc) is 2.37. The van der Waals surface area contributed by atoms with Gasteiger partial charge in [0.15, 0.2) is 0 Å². The molecule has 5 nitrogen and oxygen atoms in total. The second-order valence-electron chi connectivity index (χ2n) is 6.56. The first-order chi connectivity index (χ1) is 9.76. The normalized spacial score (nSPS) is 16.8. The third kappa shape index (κ3) is 4.03. The summed E-state index contributed by atoms with van der Waals surface area (Å²) in [5, 5.41) is 9.99. The van der Waals surface area contributed by atoms with Crippen molar-refractivity contribution in [1.29, 1.82) is 0 Å². The SMILES string of the molecule is CC(C)(C)OC(=O)N1CCC(c2ccc(N)cc2O)CC1. The number of benzene rings is 1. The van der Waals surface area contributed by atoms with Crippen LogP contribution in [0.3, 0.4) is 0 Å². The van der Waals surface area contributed by atoms with Crippen molar-refractivity contribution in [3.8, 4) is 5.75 Å². The van der Waals surface area contributed by atoms with Crippen molar-refractivity contribution in [2.24, 2.45) is 0 Å². The van der Waals surface area contributed by atoms with Crippen LogP contribution >= 0.6 is 0 Å². The largest absolute Gasteiger partial charge is 0.508 e. The van der Waals surface area contributed by atoms with Crippen LogP contribution in [0, 0.1) is 0 Å². The monoisotopic (exact) mass is 292 g/mol. The van der Waals surface area contributed by atoms with Crippen LogP contribution < -0.4 is 5.73 Å². The predicted molar refractivity (Wildman–Crippen MR) is 82.3 cm³/mol. The molecule has 1 heterocycles. The van der Waals surface area contributed by atoms with E-state index in [1.54, 1.807) is 17.0 Å². The van der Waals surface area contributed by atoms with E-state index in [2.05, 4.69) is 0 Å². The molecular weight excluding hydrogens is 268 g/mol. The standard InChI is InChI=1S/C16H24N2O3/c1-16(2,3)21-15(20)18-8-6-11(7-9-18)13-5-4-12(17)10-14(13)19/h4-5,10-11,19H,6-9,17H2,1-3H3. The van der Waals surface area contributed by atoms with E-state index in [1.807, 2.05) is 26.8 Å². The highest BCUT2D eigenvalue weighted by atomic mass is 16.6. The van der Waals surface area contributed by atoms with Crippen molar-refractivity contribution < 1.29 is 14.6 Å². The molecule has 0 bridgehead atoms. The fourth-order valence-electron chi connectivity index (χ4n) is 2.61. The van der Waals surface area contributed by atoms with Gasteiger partial charge in [0.2, 0.25) is 0 Å². The smallest absolute Gasteiger partial charge is 0.410 e. The van der Waals surface area contributed by atoms with Crippen LogP contribution in [0.25, 0.3) is 0 Å². The summed E-state index contributed by atoms with van der Waals surface area (Å²) in [5.41, 5.74) is 6.65. The Hall–Kier alpha value is -1.91. The van der Waals surface area contributed by atoms with E-state index in [9.17, 15) is 9.90 Å². The number of anilines is 1. The van der Waals surface area contributed by atoms with Crippen LogP contribution in [-0.4, -0.2) is 34.8 Å². The van der Waals surface area contributed by atoms with Gasteiger partial charge in [0.25, 0.3) is 0 Å². The molecule has 2 rings (SSSR count). The van der Waals surface area contributed by atoms with Gasteiger partial charge in [0, 0.05) is 24.8 Å². The minimum atomic E-state index is -0.469. The number of rotatable bonds is 1. The van der Waals surface area contributed by atoms with Crippen LogP contribution in [-0.2, 0) is 4.74 Å². The Kier molecular flexibility index (Phi) is 4.30. The summed E-state index contributed by atoms with van der Waals surface area (Å²) >= 11 is 0. The lowest BCUT2D eigenvalue weighted by atomic mass is 9.89. The van der Waals surface area contributed by atoms with Crippen molar-refractivity contribution in [1.82, 2.24) is 4.90 Å². The van der Waals surface area contributed by atoms with Gasteiger partial charge in [-0.05, 0) is 51.2 Å². The van der Waals surface area contributed by atoms with Gasteiger partial charge in [0.1, 0.15) is 11.4 Å². The van der Waals surface area contributed by atoms with Gasteiger partial charge in [-0.3, -0.25) is 0 Å². The van der Waals surface area contributed by atoms with E-state index in [4.69, 9.17) is 10.5 Å². The van der Waals surface area contributed by atoms with E-state index >= 15 is 0 Å². The summed E-state index contributed by atoms with van der Waals surface area (Å²) in [5.74, 6) is 0.495. The average molecular weight is 292 g/mol. The quantitative estimate of drug-likeness (QED) is 0.780. The lowest BCUT2D eigenvalue weighted by Gasteiger charge is -2.33. The molecular formula is C16H24N2O3. The van der Waals surface area contributed by atoms with Gasteiger partial charge in [0.05, 0.1) is 0 Å². The molecule has 1 fully saturated rings. The number of carbonyl (C=O) groups excluding carboxylic acids is 1. The zero-order chi connectivity index (χ0) is 15.6. The summed E-state index contributed by atoms with van der Waals surface area (Å²) in [6.45, 7) is 6.88. The molecule has 1 aliphatic rings. The Bertz CT molecular complexity index is 515. The van der Waals surface area contributed by atoms with Crippen LogP contribution in [0.4, 0.5) is 10.5 Å². The maximum absolute atomic E-state index is 12.0. The highest BCUT2D eigenvalue weighted by molar-refractivity contribution is 5.68.